The summed E-state index contributed by atoms with van der Waals surface area (Å²) in [6.45, 7) is 3.06. The molecular formula is C20H24O5. The fourth-order valence-electron chi connectivity index (χ4n) is 3.06. The normalized spacial score (nSPS) is 18.3. The third kappa shape index (κ3) is 3.72. The van der Waals surface area contributed by atoms with Crippen LogP contribution in [0.15, 0.2) is 36.4 Å². The highest BCUT2D eigenvalue weighted by atomic mass is 16.5. The van der Waals surface area contributed by atoms with Crippen LogP contribution in [0.3, 0.4) is 0 Å². The van der Waals surface area contributed by atoms with Gasteiger partial charge in [-0.1, -0.05) is 18.2 Å². The molecule has 4 N–H and O–H groups in total. The Labute approximate surface area is 147 Å². The fraction of sp³-hybridized carbons (Fsp3) is 0.400. The highest BCUT2D eigenvalue weighted by Crippen LogP contribution is 2.41. The van der Waals surface area contributed by atoms with Crippen molar-refractivity contribution < 1.29 is 25.2 Å². The van der Waals surface area contributed by atoms with E-state index < -0.39 is 11.7 Å². The van der Waals surface area contributed by atoms with E-state index in [1.165, 1.54) is 13.8 Å². The molecule has 2 aromatic rings. The summed E-state index contributed by atoms with van der Waals surface area (Å²) >= 11 is 0. The molecular weight excluding hydrogens is 320 g/mol. The van der Waals surface area contributed by atoms with Crippen LogP contribution in [0.4, 0.5) is 0 Å². The number of rotatable bonds is 4. The van der Waals surface area contributed by atoms with Crippen LogP contribution in [0.2, 0.25) is 0 Å². The molecule has 0 radical (unpaired) electrons. The number of aromatic hydroxyl groups is 2. The first-order chi connectivity index (χ1) is 11.8. The van der Waals surface area contributed by atoms with E-state index in [-0.39, 0.29) is 24.0 Å². The molecule has 134 valence electrons. The summed E-state index contributed by atoms with van der Waals surface area (Å²) in [5, 5.41) is 39.9. The predicted molar refractivity (Wildman–Crippen MR) is 93.9 cm³/mol. The first-order valence-corrected chi connectivity index (χ1v) is 8.45. The third-order valence-electron chi connectivity index (χ3n) is 4.73. The number of aryl methyl sites for hydroxylation is 1. The Morgan fingerprint density at radius 1 is 1.12 bits per heavy atom. The molecule has 2 aromatic carbocycles. The van der Waals surface area contributed by atoms with Gasteiger partial charge in [0.15, 0.2) is 0 Å². The molecule has 3 rings (SSSR count). The molecule has 5 heteroatoms. The molecule has 0 aromatic heterocycles. The van der Waals surface area contributed by atoms with Crippen LogP contribution in [0.5, 0.6) is 17.2 Å². The monoisotopic (exact) mass is 344 g/mol. The highest BCUT2D eigenvalue weighted by molar-refractivity contribution is 5.51. The number of ether oxygens (including phenoxy) is 1. The largest absolute Gasteiger partial charge is 0.508 e. The first kappa shape index (κ1) is 17.6. The smallest absolute Gasteiger partial charge is 0.130 e. The summed E-state index contributed by atoms with van der Waals surface area (Å²) in [6, 6.07) is 10.3. The number of aliphatic hydroxyl groups excluding tert-OH is 1. The molecule has 5 nitrogen and oxygen atoms in total. The van der Waals surface area contributed by atoms with Crippen molar-refractivity contribution in [3.63, 3.8) is 0 Å². The van der Waals surface area contributed by atoms with Gasteiger partial charge < -0.3 is 25.2 Å². The number of hydrogen-bond donors (Lipinski definition) is 4. The molecule has 0 spiro atoms. The Morgan fingerprint density at radius 2 is 1.80 bits per heavy atom. The van der Waals surface area contributed by atoms with Crippen molar-refractivity contribution in [2.75, 3.05) is 0 Å². The zero-order valence-electron chi connectivity index (χ0n) is 14.4. The van der Waals surface area contributed by atoms with E-state index in [0.29, 0.717) is 11.3 Å². The van der Waals surface area contributed by atoms with Gasteiger partial charge in [0.1, 0.15) is 23.4 Å². The lowest BCUT2D eigenvalue weighted by atomic mass is 9.90. The van der Waals surface area contributed by atoms with Crippen LogP contribution in [0.25, 0.3) is 0 Å². The van der Waals surface area contributed by atoms with Crippen LogP contribution in [0, 0.1) is 0 Å². The maximum Gasteiger partial charge on any atom is 0.130 e. The van der Waals surface area contributed by atoms with Gasteiger partial charge in [-0.05, 0) is 56.0 Å². The molecule has 0 amide bonds. The number of aliphatic hydroxyl groups is 2. The second-order valence-corrected chi connectivity index (χ2v) is 7.16. The number of phenols is 2. The molecule has 0 fully saturated rings. The minimum Gasteiger partial charge on any atom is -0.508 e. The molecule has 0 saturated carbocycles. The van der Waals surface area contributed by atoms with Crippen molar-refractivity contribution in [3.05, 3.63) is 53.1 Å². The summed E-state index contributed by atoms with van der Waals surface area (Å²) in [7, 11) is 0. The van der Waals surface area contributed by atoms with Gasteiger partial charge in [-0.2, -0.15) is 0 Å². The summed E-state index contributed by atoms with van der Waals surface area (Å²) < 4.78 is 6.15. The summed E-state index contributed by atoms with van der Waals surface area (Å²) in [5.74, 6) is 0.827. The molecule has 1 heterocycles. The first-order valence-electron chi connectivity index (χ1n) is 8.45. The van der Waals surface area contributed by atoms with E-state index in [1.54, 1.807) is 18.2 Å². The highest BCUT2D eigenvalue weighted by Gasteiger charge is 2.30. The Morgan fingerprint density at radius 3 is 2.44 bits per heavy atom. The summed E-state index contributed by atoms with van der Waals surface area (Å²) in [6.07, 6.45) is 0.458. The molecule has 1 aliphatic heterocycles. The lowest BCUT2D eigenvalue weighted by molar-refractivity contribution is -0.0474. The zero-order valence-corrected chi connectivity index (χ0v) is 14.4. The van der Waals surface area contributed by atoms with E-state index in [1.807, 2.05) is 18.2 Å². The standard InChI is InChI=1S/C20H24O5/c1-20(2,24)18(23)11-15-16(22)9-5-13-6-10-17(25-19(13)15)12-3-7-14(21)8-4-12/h3-5,7-9,17-18,21-24H,6,10-11H2,1-2H3/t17-,18-/m0/s1. The Kier molecular flexibility index (Phi) is 4.62. The molecule has 2 atom stereocenters. The molecule has 0 bridgehead atoms. The summed E-state index contributed by atoms with van der Waals surface area (Å²) in [5.41, 5.74) is 1.15. The lowest BCUT2D eigenvalue weighted by Crippen LogP contribution is -2.37. The predicted octanol–water partition coefficient (Wildman–Crippen LogP) is 2.84. The number of phenolic OH excluding ortho intramolecular Hbond substituents is 2. The SMILES string of the molecule is CC(C)(O)[C@@H](O)Cc1c(O)ccc2c1O[C@H](c1ccc(O)cc1)CC2. The Balaban J connectivity index is 1.92. The second-order valence-electron chi connectivity index (χ2n) is 7.16. The third-order valence-corrected chi connectivity index (χ3v) is 4.73. The second kappa shape index (κ2) is 6.58. The van der Waals surface area contributed by atoms with Crippen LogP contribution >= 0.6 is 0 Å². The minimum atomic E-state index is -1.28. The van der Waals surface area contributed by atoms with Gasteiger partial charge in [-0.15, -0.1) is 0 Å². The lowest BCUT2D eigenvalue weighted by Gasteiger charge is -2.31. The van der Waals surface area contributed by atoms with Gasteiger partial charge >= 0.3 is 0 Å². The quantitative estimate of drug-likeness (QED) is 0.685. The van der Waals surface area contributed by atoms with E-state index in [0.717, 1.165) is 24.0 Å². The van der Waals surface area contributed by atoms with Gasteiger partial charge in [0.05, 0.1) is 11.7 Å². The van der Waals surface area contributed by atoms with Gasteiger partial charge in [-0.25, -0.2) is 0 Å². The topological polar surface area (TPSA) is 90.2 Å². The minimum absolute atomic E-state index is 0.0495. The molecule has 0 aliphatic carbocycles. The van der Waals surface area contributed by atoms with Crippen molar-refractivity contribution in [1.82, 2.24) is 0 Å². The van der Waals surface area contributed by atoms with Gasteiger partial charge in [0.2, 0.25) is 0 Å². The van der Waals surface area contributed by atoms with E-state index >= 15 is 0 Å². The number of benzene rings is 2. The van der Waals surface area contributed by atoms with Gasteiger partial charge in [-0.3, -0.25) is 0 Å². The fourth-order valence-corrected chi connectivity index (χ4v) is 3.06. The Bertz CT molecular complexity index is 746. The maximum absolute atomic E-state index is 10.3. The summed E-state index contributed by atoms with van der Waals surface area (Å²) in [4.78, 5) is 0. The van der Waals surface area contributed by atoms with Gasteiger partial charge in [0.25, 0.3) is 0 Å². The van der Waals surface area contributed by atoms with Crippen molar-refractivity contribution in [3.8, 4) is 17.2 Å². The molecule has 1 aliphatic rings. The van der Waals surface area contributed by atoms with Crippen LogP contribution < -0.4 is 4.74 Å². The van der Waals surface area contributed by atoms with Gasteiger partial charge in [0, 0.05) is 12.0 Å². The average molecular weight is 344 g/mol. The van der Waals surface area contributed by atoms with Crippen molar-refractivity contribution in [2.24, 2.45) is 0 Å². The van der Waals surface area contributed by atoms with E-state index in [4.69, 9.17) is 4.74 Å². The Hall–Kier alpha value is -2.24. The maximum atomic E-state index is 10.3. The average Bonchev–Trinajstić information content (AvgIpc) is 2.56. The number of hydrogen-bond acceptors (Lipinski definition) is 5. The van der Waals surface area contributed by atoms with Crippen molar-refractivity contribution in [1.29, 1.82) is 0 Å². The zero-order chi connectivity index (χ0) is 18.2. The van der Waals surface area contributed by atoms with Crippen molar-refractivity contribution in [2.45, 2.75) is 50.9 Å². The van der Waals surface area contributed by atoms with E-state index in [9.17, 15) is 20.4 Å². The number of fused-ring (bicyclic) bond motifs is 1. The van der Waals surface area contributed by atoms with Crippen LogP contribution in [-0.4, -0.2) is 32.1 Å². The van der Waals surface area contributed by atoms with Crippen LogP contribution in [0.1, 0.15) is 43.1 Å². The molecule has 25 heavy (non-hydrogen) atoms. The van der Waals surface area contributed by atoms with Crippen LogP contribution in [-0.2, 0) is 12.8 Å². The van der Waals surface area contributed by atoms with Crippen molar-refractivity contribution >= 4 is 0 Å². The molecule has 0 unspecified atom stereocenters. The van der Waals surface area contributed by atoms with E-state index in [2.05, 4.69) is 0 Å². The molecule has 0 saturated heterocycles.